The summed E-state index contributed by atoms with van der Waals surface area (Å²) in [4.78, 5) is 16.5. The van der Waals surface area contributed by atoms with Crippen molar-refractivity contribution in [3.05, 3.63) is 45.8 Å². The molecule has 1 aromatic carbocycles. The molecule has 0 unspecified atom stereocenters. The summed E-state index contributed by atoms with van der Waals surface area (Å²) in [5, 5.41) is 7.43. The maximum atomic E-state index is 12.3. The molecule has 1 aliphatic heterocycles. The van der Waals surface area contributed by atoms with E-state index in [1.165, 1.54) is 6.33 Å². The van der Waals surface area contributed by atoms with Crippen molar-refractivity contribution < 1.29 is 9.53 Å². The van der Waals surface area contributed by atoms with Gasteiger partial charge in [-0.05, 0) is 39.0 Å². The smallest absolute Gasteiger partial charge is 0.226 e. The van der Waals surface area contributed by atoms with Gasteiger partial charge in [0.05, 0.1) is 6.61 Å². The SMILES string of the molecule is CCOc1ccc(Br)cc1[C@@H]1C(C(C)=O)=C(C)Nc2ncnn21. The van der Waals surface area contributed by atoms with Gasteiger partial charge in [0.15, 0.2) is 5.78 Å². The second-order valence-electron chi connectivity index (χ2n) is 5.27. The maximum Gasteiger partial charge on any atom is 0.226 e. The Morgan fingerprint density at radius 3 is 2.96 bits per heavy atom. The van der Waals surface area contributed by atoms with Crippen molar-refractivity contribution in [2.24, 2.45) is 0 Å². The number of anilines is 1. The van der Waals surface area contributed by atoms with Crippen molar-refractivity contribution >= 4 is 27.7 Å². The Hall–Kier alpha value is -2.15. The molecule has 0 saturated carbocycles. The molecular weight excluding hydrogens is 360 g/mol. The lowest BCUT2D eigenvalue weighted by molar-refractivity contribution is -0.114. The Morgan fingerprint density at radius 2 is 2.26 bits per heavy atom. The minimum absolute atomic E-state index is 0.0106. The first kappa shape index (κ1) is 15.7. The van der Waals surface area contributed by atoms with E-state index in [1.807, 2.05) is 32.0 Å². The van der Waals surface area contributed by atoms with E-state index in [4.69, 9.17) is 4.74 Å². The number of halogens is 1. The van der Waals surface area contributed by atoms with Crippen molar-refractivity contribution in [2.45, 2.75) is 26.8 Å². The van der Waals surface area contributed by atoms with Crippen molar-refractivity contribution in [3.63, 3.8) is 0 Å². The molecule has 7 heteroatoms. The third kappa shape index (κ3) is 2.76. The summed E-state index contributed by atoms with van der Waals surface area (Å²) in [7, 11) is 0. The van der Waals surface area contributed by atoms with Gasteiger partial charge >= 0.3 is 0 Å². The highest BCUT2D eigenvalue weighted by atomic mass is 79.9. The van der Waals surface area contributed by atoms with Gasteiger partial charge in [-0.25, -0.2) is 4.68 Å². The van der Waals surface area contributed by atoms with Crippen molar-refractivity contribution in [2.75, 3.05) is 11.9 Å². The fourth-order valence-electron chi connectivity index (χ4n) is 2.85. The van der Waals surface area contributed by atoms with Crippen molar-refractivity contribution in [3.8, 4) is 5.75 Å². The summed E-state index contributed by atoms with van der Waals surface area (Å²) in [6.45, 7) is 5.91. The van der Waals surface area contributed by atoms with E-state index >= 15 is 0 Å². The van der Waals surface area contributed by atoms with Crippen LogP contribution in [0, 0.1) is 0 Å². The second kappa shape index (κ2) is 6.16. The Balaban J connectivity index is 2.24. The molecule has 1 aromatic heterocycles. The summed E-state index contributed by atoms with van der Waals surface area (Å²) >= 11 is 3.50. The predicted octanol–water partition coefficient (Wildman–Crippen LogP) is 3.32. The number of rotatable bonds is 4. The lowest BCUT2D eigenvalue weighted by Gasteiger charge is -2.29. The highest BCUT2D eigenvalue weighted by Crippen LogP contribution is 2.40. The van der Waals surface area contributed by atoms with Gasteiger partial charge in [0.2, 0.25) is 5.95 Å². The molecule has 0 spiro atoms. The monoisotopic (exact) mass is 376 g/mol. The molecule has 2 aromatic rings. The average molecular weight is 377 g/mol. The van der Waals surface area contributed by atoms with Crippen LogP contribution in [0.15, 0.2) is 40.3 Å². The van der Waals surface area contributed by atoms with E-state index in [1.54, 1.807) is 11.6 Å². The number of ketones is 1. The molecule has 0 saturated heterocycles. The van der Waals surface area contributed by atoms with Gasteiger partial charge in [-0.3, -0.25) is 4.79 Å². The quantitative estimate of drug-likeness (QED) is 0.886. The normalized spacial score (nSPS) is 16.8. The van der Waals surface area contributed by atoms with Crippen LogP contribution in [0.2, 0.25) is 0 Å². The van der Waals surface area contributed by atoms with Crippen LogP contribution in [0.1, 0.15) is 32.4 Å². The molecule has 0 fully saturated rings. The molecule has 0 radical (unpaired) electrons. The van der Waals surface area contributed by atoms with E-state index in [0.29, 0.717) is 18.1 Å². The van der Waals surface area contributed by atoms with E-state index in [-0.39, 0.29) is 11.8 Å². The molecule has 1 atom stereocenters. The van der Waals surface area contributed by atoms with Crippen LogP contribution in [0.4, 0.5) is 5.95 Å². The highest BCUT2D eigenvalue weighted by Gasteiger charge is 2.33. The molecule has 6 nitrogen and oxygen atoms in total. The van der Waals surface area contributed by atoms with Crippen LogP contribution in [0.25, 0.3) is 0 Å². The summed E-state index contributed by atoms with van der Waals surface area (Å²) in [5.74, 6) is 1.33. The van der Waals surface area contributed by atoms with E-state index < -0.39 is 0 Å². The number of benzene rings is 1. The third-order valence-electron chi connectivity index (χ3n) is 3.74. The number of aromatic nitrogens is 3. The lowest BCUT2D eigenvalue weighted by atomic mass is 9.92. The van der Waals surface area contributed by atoms with Gasteiger partial charge in [-0.15, -0.1) is 0 Å². The molecular formula is C16H17BrN4O2. The Labute approximate surface area is 142 Å². The molecule has 120 valence electrons. The second-order valence-corrected chi connectivity index (χ2v) is 6.18. The van der Waals surface area contributed by atoms with E-state index in [2.05, 4.69) is 31.3 Å². The van der Waals surface area contributed by atoms with Gasteiger partial charge in [-0.1, -0.05) is 15.9 Å². The van der Waals surface area contributed by atoms with Crippen LogP contribution in [0.5, 0.6) is 5.75 Å². The van der Waals surface area contributed by atoms with Gasteiger partial charge in [0.25, 0.3) is 0 Å². The average Bonchev–Trinajstić information content (AvgIpc) is 2.95. The Kier molecular flexibility index (Phi) is 4.21. The number of allylic oxidation sites excluding steroid dienone is 2. The summed E-state index contributed by atoms with van der Waals surface area (Å²) in [6, 6.07) is 5.41. The number of Topliss-reactive ketones (excluding diaryl/α,β-unsaturated/α-hetero) is 1. The minimum Gasteiger partial charge on any atom is -0.494 e. The number of carbonyl (C=O) groups excluding carboxylic acids is 1. The minimum atomic E-state index is -0.370. The van der Waals surface area contributed by atoms with Crippen LogP contribution < -0.4 is 10.1 Å². The summed E-state index contributed by atoms with van der Waals surface area (Å²) in [5.41, 5.74) is 2.31. The van der Waals surface area contributed by atoms with Crippen LogP contribution >= 0.6 is 15.9 Å². The molecule has 2 heterocycles. The number of carbonyl (C=O) groups is 1. The molecule has 0 amide bonds. The fraction of sp³-hybridized carbons (Fsp3) is 0.312. The van der Waals surface area contributed by atoms with Gasteiger partial charge in [0, 0.05) is 21.3 Å². The first-order valence-electron chi connectivity index (χ1n) is 7.33. The molecule has 0 aliphatic carbocycles. The topological polar surface area (TPSA) is 69.0 Å². The number of hydrogen-bond acceptors (Lipinski definition) is 5. The molecule has 1 aliphatic rings. The number of ether oxygens (including phenoxy) is 1. The first-order chi connectivity index (χ1) is 11.0. The molecule has 1 N–H and O–H groups in total. The number of hydrogen-bond donors (Lipinski definition) is 1. The van der Waals surface area contributed by atoms with Crippen molar-refractivity contribution in [1.29, 1.82) is 0 Å². The molecule has 23 heavy (non-hydrogen) atoms. The van der Waals surface area contributed by atoms with E-state index in [9.17, 15) is 4.79 Å². The van der Waals surface area contributed by atoms with Gasteiger partial charge in [0.1, 0.15) is 18.1 Å². The van der Waals surface area contributed by atoms with E-state index in [0.717, 1.165) is 21.5 Å². The lowest BCUT2D eigenvalue weighted by Crippen LogP contribution is -2.28. The fourth-order valence-corrected chi connectivity index (χ4v) is 3.23. The largest absolute Gasteiger partial charge is 0.494 e. The predicted molar refractivity (Wildman–Crippen MR) is 90.5 cm³/mol. The number of fused-ring (bicyclic) bond motifs is 1. The van der Waals surface area contributed by atoms with Crippen LogP contribution in [0.3, 0.4) is 0 Å². The third-order valence-corrected chi connectivity index (χ3v) is 4.23. The maximum absolute atomic E-state index is 12.3. The first-order valence-corrected chi connectivity index (χ1v) is 8.12. The highest BCUT2D eigenvalue weighted by molar-refractivity contribution is 9.10. The summed E-state index contributed by atoms with van der Waals surface area (Å²) in [6.07, 6.45) is 1.48. The number of nitrogens with one attached hydrogen (secondary N) is 1. The van der Waals surface area contributed by atoms with Crippen molar-refractivity contribution in [1.82, 2.24) is 14.8 Å². The zero-order valence-corrected chi connectivity index (χ0v) is 14.7. The Bertz CT molecular complexity index is 797. The molecule has 0 bridgehead atoms. The summed E-state index contributed by atoms with van der Waals surface area (Å²) < 4.78 is 8.39. The van der Waals surface area contributed by atoms with Crippen LogP contribution in [-0.4, -0.2) is 27.2 Å². The standard InChI is InChI=1S/C16H17BrN4O2/c1-4-23-13-6-5-11(17)7-12(13)15-14(10(3)22)9(2)20-16-18-8-19-21(15)16/h5-8,15H,4H2,1-3H3,(H,18,19,20)/t15-/m1/s1. The van der Waals surface area contributed by atoms with Gasteiger partial charge in [-0.2, -0.15) is 10.1 Å². The number of nitrogens with zero attached hydrogens (tertiary/aromatic N) is 3. The zero-order chi connectivity index (χ0) is 16.6. The molecule has 3 rings (SSSR count). The zero-order valence-electron chi connectivity index (χ0n) is 13.1. The van der Waals surface area contributed by atoms with Gasteiger partial charge < -0.3 is 10.1 Å². The van der Waals surface area contributed by atoms with Crippen LogP contribution in [-0.2, 0) is 4.79 Å². The Morgan fingerprint density at radius 1 is 1.48 bits per heavy atom.